The van der Waals surface area contributed by atoms with Crippen molar-refractivity contribution in [2.24, 2.45) is 5.73 Å². The zero-order valence-corrected chi connectivity index (χ0v) is 8.21. The largest absolute Gasteiger partial charge is 0.466 e. The van der Waals surface area contributed by atoms with Gasteiger partial charge in [0.2, 0.25) is 0 Å². The summed E-state index contributed by atoms with van der Waals surface area (Å²) in [6.45, 7) is 2.16. The topological polar surface area (TPSA) is 65.2 Å². The van der Waals surface area contributed by atoms with Gasteiger partial charge in [-0.05, 0) is 6.92 Å². The number of ether oxygens (including phenoxy) is 1. The molecule has 0 aromatic carbocycles. The lowest BCUT2D eigenvalue weighted by Crippen LogP contribution is -2.16. The van der Waals surface area contributed by atoms with Gasteiger partial charge in [0.1, 0.15) is 5.01 Å². The molecule has 1 atom stereocenters. The molecule has 0 fully saturated rings. The maximum atomic E-state index is 11.0. The summed E-state index contributed by atoms with van der Waals surface area (Å²) in [6.07, 6.45) is 1.87. The molecule has 4 nitrogen and oxygen atoms in total. The quantitative estimate of drug-likeness (QED) is 0.739. The van der Waals surface area contributed by atoms with Crippen molar-refractivity contribution in [3.05, 3.63) is 16.6 Å². The predicted octanol–water partition coefficient (Wildman–Crippen LogP) is 1.10. The van der Waals surface area contributed by atoms with Crippen LogP contribution in [0.15, 0.2) is 11.6 Å². The lowest BCUT2D eigenvalue weighted by Gasteiger charge is -2.06. The van der Waals surface area contributed by atoms with Gasteiger partial charge in [-0.25, -0.2) is 4.98 Å². The van der Waals surface area contributed by atoms with E-state index in [-0.39, 0.29) is 18.4 Å². The average molecular weight is 200 g/mol. The minimum Gasteiger partial charge on any atom is -0.466 e. The molecule has 0 aliphatic carbocycles. The molecule has 0 bridgehead atoms. The molecule has 1 aromatic rings. The molecule has 13 heavy (non-hydrogen) atoms. The molecule has 1 rings (SSSR count). The summed E-state index contributed by atoms with van der Waals surface area (Å²) in [5.74, 6) is -0.273. The van der Waals surface area contributed by atoms with Gasteiger partial charge in [0, 0.05) is 11.6 Å². The van der Waals surface area contributed by atoms with Crippen molar-refractivity contribution in [1.29, 1.82) is 0 Å². The highest BCUT2D eigenvalue weighted by Crippen LogP contribution is 2.16. The molecule has 0 spiro atoms. The van der Waals surface area contributed by atoms with Crippen molar-refractivity contribution in [2.75, 3.05) is 6.61 Å². The Kier molecular flexibility index (Phi) is 3.85. The van der Waals surface area contributed by atoms with Crippen molar-refractivity contribution in [3.63, 3.8) is 0 Å². The number of aromatic nitrogens is 1. The number of carbonyl (C=O) groups is 1. The van der Waals surface area contributed by atoms with Crippen molar-refractivity contribution >= 4 is 17.3 Å². The molecule has 2 N–H and O–H groups in total. The van der Waals surface area contributed by atoms with E-state index in [1.165, 1.54) is 11.3 Å². The zero-order valence-electron chi connectivity index (χ0n) is 7.40. The summed E-state index contributed by atoms with van der Waals surface area (Å²) in [5, 5.41) is 2.61. The SMILES string of the molecule is CCOC(=O)C[C@@H](N)c1nccs1. The first-order valence-corrected chi connectivity index (χ1v) is 4.92. The van der Waals surface area contributed by atoms with Gasteiger partial charge in [0.15, 0.2) is 0 Å². The van der Waals surface area contributed by atoms with E-state index in [0.29, 0.717) is 6.61 Å². The molecule has 72 valence electrons. The van der Waals surface area contributed by atoms with Gasteiger partial charge in [0.25, 0.3) is 0 Å². The molecule has 0 aliphatic rings. The maximum absolute atomic E-state index is 11.0. The smallest absolute Gasteiger partial charge is 0.307 e. The third-order valence-electron chi connectivity index (χ3n) is 1.46. The standard InChI is InChI=1S/C8H12N2O2S/c1-2-12-7(11)5-6(9)8-10-3-4-13-8/h3-4,6H,2,5,9H2,1H3/t6-/m1/s1. The average Bonchev–Trinajstić information content (AvgIpc) is 2.55. The Morgan fingerprint density at radius 1 is 1.85 bits per heavy atom. The Morgan fingerprint density at radius 2 is 2.62 bits per heavy atom. The number of rotatable bonds is 4. The lowest BCUT2D eigenvalue weighted by atomic mass is 10.2. The number of esters is 1. The molecule has 0 unspecified atom stereocenters. The van der Waals surface area contributed by atoms with Crippen LogP contribution in [-0.2, 0) is 9.53 Å². The van der Waals surface area contributed by atoms with Crippen LogP contribution in [0.1, 0.15) is 24.4 Å². The zero-order chi connectivity index (χ0) is 9.68. The van der Waals surface area contributed by atoms with E-state index in [2.05, 4.69) is 4.98 Å². The maximum Gasteiger partial charge on any atom is 0.307 e. The van der Waals surface area contributed by atoms with Gasteiger partial charge in [-0.1, -0.05) is 0 Å². The van der Waals surface area contributed by atoms with Crippen LogP contribution < -0.4 is 5.73 Å². The Hall–Kier alpha value is -0.940. The van der Waals surface area contributed by atoms with Crippen LogP contribution in [0.25, 0.3) is 0 Å². The Morgan fingerprint density at radius 3 is 3.15 bits per heavy atom. The molecular formula is C8H12N2O2S. The fourth-order valence-corrected chi connectivity index (χ4v) is 1.55. The molecule has 0 amide bonds. The van der Waals surface area contributed by atoms with Gasteiger partial charge >= 0.3 is 5.97 Å². The van der Waals surface area contributed by atoms with Crippen LogP contribution in [0.4, 0.5) is 0 Å². The van der Waals surface area contributed by atoms with Crippen LogP contribution in [0, 0.1) is 0 Å². The lowest BCUT2D eigenvalue weighted by molar-refractivity contribution is -0.143. The van der Waals surface area contributed by atoms with Crippen molar-refractivity contribution < 1.29 is 9.53 Å². The van der Waals surface area contributed by atoms with Crippen LogP contribution in [0.2, 0.25) is 0 Å². The van der Waals surface area contributed by atoms with Crippen LogP contribution in [0.5, 0.6) is 0 Å². The van der Waals surface area contributed by atoms with Gasteiger partial charge in [-0.15, -0.1) is 11.3 Å². The van der Waals surface area contributed by atoms with Crippen LogP contribution in [0.3, 0.4) is 0 Å². The monoisotopic (exact) mass is 200 g/mol. The van der Waals surface area contributed by atoms with E-state index in [0.717, 1.165) is 5.01 Å². The molecule has 1 aromatic heterocycles. The summed E-state index contributed by atoms with van der Waals surface area (Å²) >= 11 is 1.45. The minimum atomic E-state index is -0.334. The number of nitrogens with zero attached hydrogens (tertiary/aromatic N) is 1. The van der Waals surface area contributed by atoms with E-state index >= 15 is 0 Å². The fourth-order valence-electron chi connectivity index (χ4n) is 0.904. The van der Waals surface area contributed by atoms with Crippen molar-refractivity contribution in [1.82, 2.24) is 4.98 Å². The molecule has 5 heteroatoms. The van der Waals surface area contributed by atoms with E-state index in [1.807, 2.05) is 5.38 Å². The van der Waals surface area contributed by atoms with E-state index in [1.54, 1.807) is 13.1 Å². The van der Waals surface area contributed by atoms with Crippen LogP contribution in [-0.4, -0.2) is 17.6 Å². The normalized spacial score (nSPS) is 12.5. The number of nitrogens with two attached hydrogens (primary N) is 1. The highest BCUT2D eigenvalue weighted by molar-refractivity contribution is 7.09. The third kappa shape index (κ3) is 3.12. The summed E-state index contributed by atoms with van der Waals surface area (Å²) in [5.41, 5.74) is 5.72. The first-order valence-electron chi connectivity index (χ1n) is 4.04. The second kappa shape index (κ2) is 4.94. The highest BCUT2D eigenvalue weighted by Gasteiger charge is 2.13. The number of thiazole rings is 1. The molecule has 1 heterocycles. The first-order chi connectivity index (χ1) is 6.24. The first kappa shape index (κ1) is 10.1. The summed E-state index contributed by atoms with van der Waals surface area (Å²) in [4.78, 5) is 15.0. The highest BCUT2D eigenvalue weighted by atomic mass is 32.1. The number of hydrogen-bond donors (Lipinski definition) is 1. The Balaban J connectivity index is 2.42. The van der Waals surface area contributed by atoms with E-state index in [9.17, 15) is 4.79 Å². The van der Waals surface area contributed by atoms with Gasteiger partial charge in [-0.2, -0.15) is 0 Å². The molecule has 0 radical (unpaired) electrons. The molecule has 0 aliphatic heterocycles. The summed E-state index contributed by atoms with van der Waals surface area (Å²) < 4.78 is 4.77. The van der Waals surface area contributed by atoms with Crippen LogP contribution >= 0.6 is 11.3 Å². The van der Waals surface area contributed by atoms with Gasteiger partial charge < -0.3 is 10.5 Å². The van der Waals surface area contributed by atoms with Crippen molar-refractivity contribution in [2.45, 2.75) is 19.4 Å². The summed E-state index contributed by atoms with van der Waals surface area (Å²) in [6, 6.07) is -0.334. The third-order valence-corrected chi connectivity index (χ3v) is 2.37. The van der Waals surface area contributed by atoms with Gasteiger partial charge in [-0.3, -0.25) is 4.79 Å². The van der Waals surface area contributed by atoms with Gasteiger partial charge in [0.05, 0.1) is 19.1 Å². The molecular weight excluding hydrogens is 188 g/mol. The minimum absolute atomic E-state index is 0.196. The number of carbonyl (C=O) groups excluding carboxylic acids is 1. The van der Waals surface area contributed by atoms with Crippen molar-refractivity contribution in [3.8, 4) is 0 Å². The predicted molar refractivity (Wildman–Crippen MR) is 50.3 cm³/mol. The summed E-state index contributed by atoms with van der Waals surface area (Å²) in [7, 11) is 0. The molecule has 0 saturated carbocycles. The fraction of sp³-hybridized carbons (Fsp3) is 0.500. The van der Waals surface area contributed by atoms with E-state index < -0.39 is 0 Å². The molecule has 0 saturated heterocycles. The number of hydrogen-bond acceptors (Lipinski definition) is 5. The Labute approximate surface area is 80.7 Å². The Bertz CT molecular complexity index is 261. The second-order valence-electron chi connectivity index (χ2n) is 2.49. The van der Waals surface area contributed by atoms with E-state index in [4.69, 9.17) is 10.5 Å². The second-order valence-corrected chi connectivity index (χ2v) is 3.41.